The van der Waals surface area contributed by atoms with Gasteiger partial charge in [0.15, 0.2) is 0 Å². The summed E-state index contributed by atoms with van der Waals surface area (Å²) in [5, 5.41) is 3.03. The minimum absolute atomic E-state index is 0.0802. The van der Waals surface area contributed by atoms with Gasteiger partial charge in [-0.25, -0.2) is 4.79 Å². The molecular weight excluding hydrogens is 228 g/mol. The summed E-state index contributed by atoms with van der Waals surface area (Å²) in [5.74, 6) is 0.922. The molecule has 0 spiro atoms. The van der Waals surface area contributed by atoms with Crippen LogP contribution in [0.5, 0.6) is 0 Å². The highest BCUT2D eigenvalue weighted by molar-refractivity contribution is 5.74. The second-order valence-electron chi connectivity index (χ2n) is 5.65. The summed E-state index contributed by atoms with van der Waals surface area (Å²) in [6, 6.07) is 0.0802. The van der Waals surface area contributed by atoms with Gasteiger partial charge in [-0.05, 0) is 25.7 Å². The largest absolute Gasteiger partial charge is 0.375 e. The average molecular weight is 254 g/mol. The molecule has 18 heavy (non-hydrogen) atoms. The second-order valence-corrected chi connectivity index (χ2v) is 5.65. The van der Waals surface area contributed by atoms with Crippen molar-refractivity contribution in [1.82, 2.24) is 10.2 Å². The summed E-state index contributed by atoms with van der Waals surface area (Å²) in [7, 11) is 0. The molecule has 2 rings (SSSR count). The molecule has 1 saturated carbocycles. The first kappa shape index (κ1) is 13.7. The molecule has 1 heterocycles. The molecule has 2 amide bonds. The molecule has 104 valence electrons. The molecule has 2 fully saturated rings. The molecule has 1 atom stereocenters. The van der Waals surface area contributed by atoms with Gasteiger partial charge in [-0.1, -0.05) is 25.7 Å². The summed E-state index contributed by atoms with van der Waals surface area (Å²) in [6.07, 6.45) is 8.17. The van der Waals surface area contributed by atoms with Gasteiger partial charge in [0.1, 0.15) is 0 Å². The Bertz CT molecular complexity index is 265. The Morgan fingerprint density at radius 1 is 1.39 bits per heavy atom. The highest BCUT2D eigenvalue weighted by atomic mass is 16.5. The van der Waals surface area contributed by atoms with Crippen molar-refractivity contribution in [2.75, 3.05) is 26.2 Å². The van der Waals surface area contributed by atoms with Gasteiger partial charge in [-0.15, -0.1) is 0 Å². The van der Waals surface area contributed by atoms with E-state index in [9.17, 15) is 4.79 Å². The van der Waals surface area contributed by atoms with Gasteiger partial charge in [0.05, 0.1) is 12.7 Å². The maximum Gasteiger partial charge on any atom is 0.317 e. The Morgan fingerprint density at radius 3 is 2.89 bits per heavy atom. The first-order chi connectivity index (χ1) is 8.75. The predicted octanol–water partition coefficient (Wildman–Crippen LogP) is 2.39. The number of carbonyl (C=O) groups excluding carboxylic acids is 1. The predicted molar refractivity (Wildman–Crippen MR) is 71.6 cm³/mol. The van der Waals surface area contributed by atoms with Crippen molar-refractivity contribution in [3.05, 3.63) is 0 Å². The van der Waals surface area contributed by atoms with Crippen LogP contribution < -0.4 is 5.32 Å². The minimum atomic E-state index is 0.0802. The number of ether oxygens (including phenoxy) is 1. The maximum absolute atomic E-state index is 11.9. The highest BCUT2D eigenvalue weighted by Gasteiger charge is 2.21. The smallest absolute Gasteiger partial charge is 0.317 e. The molecule has 2 aliphatic rings. The molecule has 0 aromatic heterocycles. The Kier molecular flexibility index (Phi) is 5.29. The number of nitrogens with zero attached hydrogens (tertiary/aromatic N) is 1. The van der Waals surface area contributed by atoms with Gasteiger partial charge in [-0.2, -0.15) is 0 Å². The molecule has 0 radical (unpaired) electrons. The first-order valence-corrected chi connectivity index (χ1v) is 7.40. The van der Waals surface area contributed by atoms with Gasteiger partial charge < -0.3 is 15.0 Å². The molecular formula is C14H26N2O2. The quantitative estimate of drug-likeness (QED) is 0.783. The number of urea groups is 1. The van der Waals surface area contributed by atoms with Crippen LogP contribution in [0.1, 0.15) is 45.4 Å². The van der Waals surface area contributed by atoms with Crippen molar-refractivity contribution >= 4 is 6.03 Å². The van der Waals surface area contributed by atoms with Crippen molar-refractivity contribution in [3.8, 4) is 0 Å². The SMILES string of the molecule is CC1CN(C(=O)NCCCC2CCCC2)CCO1. The number of hydrogen-bond acceptors (Lipinski definition) is 2. The lowest BCUT2D eigenvalue weighted by molar-refractivity contribution is -0.00345. The molecule has 4 heteroatoms. The fraction of sp³-hybridized carbons (Fsp3) is 0.929. The summed E-state index contributed by atoms with van der Waals surface area (Å²) >= 11 is 0. The second kappa shape index (κ2) is 6.98. The van der Waals surface area contributed by atoms with Crippen LogP contribution in [-0.2, 0) is 4.74 Å². The number of nitrogens with one attached hydrogen (secondary N) is 1. The van der Waals surface area contributed by atoms with E-state index in [1.807, 2.05) is 11.8 Å². The Hall–Kier alpha value is -0.770. The molecule has 0 bridgehead atoms. The lowest BCUT2D eigenvalue weighted by atomic mass is 10.0. The monoisotopic (exact) mass is 254 g/mol. The molecule has 1 unspecified atom stereocenters. The van der Waals surface area contributed by atoms with Crippen LogP contribution in [0.15, 0.2) is 0 Å². The van der Waals surface area contributed by atoms with Crippen LogP contribution in [0.2, 0.25) is 0 Å². The van der Waals surface area contributed by atoms with E-state index >= 15 is 0 Å². The lowest BCUT2D eigenvalue weighted by Crippen LogP contribution is -2.49. The molecule has 1 saturated heterocycles. The van der Waals surface area contributed by atoms with Crippen LogP contribution in [0.3, 0.4) is 0 Å². The van der Waals surface area contributed by atoms with Gasteiger partial charge in [0.2, 0.25) is 0 Å². The number of morpholine rings is 1. The summed E-state index contributed by atoms with van der Waals surface area (Å²) in [6.45, 7) is 4.94. The third-order valence-corrected chi connectivity index (χ3v) is 4.07. The fourth-order valence-electron chi connectivity index (χ4n) is 3.00. The molecule has 4 nitrogen and oxygen atoms in total. The summed E-state index contributed by atoms with van der Waals surface area (Å²) in [5.41, 5.74) is 0. The van der Waals surface area contributed by atoms with Gasteiger partial charge >= 0.3 is 6.03 Å². The zero-order chi connectivity index (χ0) is 12.8. The number of carbonyl (C=O) groups is 1. The third-order valence-electron chi connectivity index (χ3n) is 4.07. The van der Waals surface area contributed by atoms with Crippen molar-refractivity contribution in [1.29, 1.82) is 0 Å². The lowest BCUT2D eigenvalue weighted by Gasteiger charge is -2.31. The third kappa shape index (κ3) is 4.16. The van der Waals surface area contributed by atoms with E-state index in [1.54, 1.807) is 0 Å². The topological polar surface area (TPSA) is 41.6 Å². The molecule has 0 aromatic carbocycles. The van der Waals surface area contributed by atoms with Crippen LogP contribution in [0.4, 0.5) is 4.79 Å². The van der Waals surface area contributed by atoms with Gasteiger partial charge in [0, 0.05) is 19.6 Å². The van der Waals surface area contributed by atoms with E-state index in [2.05, 4.69) is 5.32 Å². The van der Waals surface area contributed by atoms with E-state index in [0.717, 1.165) is 25.4 Å². The minimum Gasteiger partial charge on any atom is -0.375 e. The Labute approximate surface area is 110 Å². The van der Waals surface area contributed by atoms with E-state index < -0.39 is 0 Å². The molecule has 0 aromatic rings. The van der Waals surface area contributed by atoms with Crippen LogP contribution in [0.25, 0.3) is 0 Å². The van der Waals surface area contributed by atoms with Crippen molar-refractivity contribution in [2.45, 2.75) is 51.6 Å². The maximum atomic E-state index is 11.9. The van der Waals surface area contributed by atoms with E-state index in [4.69, 9.17) is 4.74 Å². The van der Waals surface area contributed by atoms with Gasteiger partial charge in [-0.3, -0.25) is 0 Å². The van der Waals surface area contributed by atoms with E-state index in [0.29, 0.717) is 13.2 Å². The molecule has 1 aliphatic carbocycles. The number of amides is 2. The normalized spacial score (nSPS) is 25.4. The zero-order valence-electron chi connectivity index (χ0n) is 11.5. The Morgan fingerprint density at radius 2 is 2.17 bits per heavy atom. The number of hydrogen-bond donors (Lipinski definition) is 1. The molecule has 1 N–H and O–H groups in total. The van der Waals surface area contributed by atoms with Crippen molar-refractivity contribution in [3.63, 3.8) is 0 Å². The highest BCUT2D eigenvalue weighted by Crippen LogP contribution is 2.28. The van der Waals surface area contributed by atoms with Gasteiger partial charge in [0.25, 0.3) is 0 Å². The molecule has 1 aliphatic heterocycles. The van der Waals surface area contributed by atoms with Crippen molar-refractivity contribution in [2.24, 2.45) is 5.92 Å². The van der Waals surface area contributed by atoms with E-state index in [1.165, 1.54) is 32.1 Å². The summed E-state index contributed by atoms with van der Waals surface area (Å²) in [4.78, 5) is 13.8. The first-order valence-electron chi connectivity index (χ1n) is 7.40. The van der Waals surface area contributed by atoms with Crippen LogP contribution in [-0.4, -0.2) is 43.3 Å². The summed E-state index contributed by atoms with van der Waals surface area (Å²) < 4.78 is 5.43. The van der Waals surface area contributed by atoms with Crippen LogP contribution >= 0.6 is 0 Å². The van der Waals surface area contributed by atoms with Crippen LogP contribution in [0, 0.1) is 5.92 Å². The zero-order valence-corrected chi connectivity index (χ0v) is 11.5. The fourth-order valence-corrected chi connectivity index (χ4v) is 3.00. The Balaban J connectivity index is 1.56. The number of rotatable bonds is 4. The van der Waals surface area contributed by atoms with Crippen molar-refractivity contribution < 1.29 is 9.53 Å². The van der Waals surface area contributed by atoms with E-state index in [-0.39, 0.29) is 12.1 Å². The standard InChI is InChI=1S/C14H26N2O2/c1-12-11-16(9-10-18-12)14(17)15-8-4-7-13-5-2-3-6-13/h12-13H,2-11H2,1H3,(H,15,17). The average Bonchev–Trinajstić information content (AvgIpc) is 2.87.